The fourth-order valence-corrected chi connectivity index (χ4v) is 1.09. The largest absolute Gasteiger partial charge is 0.396 e. The van der Waals surface area contributed by atoms with Crippen LogP contribution in [0.4, 0.5) is 0 Å². The van der Waals surface area contributed by atoms with Gasteiger partial charge in [0, 0.05) is 6.61 Å². The summed E-state index contributed by atoms with van der Waals surface area (Å²) in [5.41, 5.74) is 2.01. The van der Waals surface area contributed by atoms with Crippen LogP contribution in [0, 0.1) is 0 Å². The van der Waals surface area contributed by atoms with Gasteiger partial charge in [0.25, 0.3) is 0 Å². The maximum atomic E-state index is 9.20. The fraction of sp³-hybridized carbons (Fsp3) is 0.400. The third kappa shape index (κ3) is 2.32. The van der Waals surface area contributed by atoms with Gasteiger partial charge in [-0.2, -0.15) is 0 Å². The van der Waals surface area contributed by atoms with Crippen LogP contribution in [-0.2, 0) is 6.42 Å². The zero-order valence-corrected chi connectivity index (χ0v) is 7.20. The van der Waals surface area contributed by atoms with Gasteiger partial charge in [0.2, 0.25) is 0 Å². The minimum absolute atomic E-state index is 0.175. The number of aliphatic hydroxyl groups is 2. The molecule has 2 nitrogen and oxygen atoms in total. The van der Waals surface area contributed by atoms with Crippen LogP contribution in [0.3, 0.4) is 0 Å². The number of benzene rings is 1. The smallest absolute Gasteiger partial charge is 0.0761 e. The van der Waals surface area contributed by atoms with Crippen molar-refractivity contribution < 1.29 is 10.2 Å². The van der Waals surface area contributed by atoms with Crippen molar-refractivity contribution in [3.8, 4) is 0 Å². The second kappa shape index (κ2) is 4.24. The van der Waals surface area contributed by atoms with Crippen LogP contribution in [0.2, 0.25) is 0 Å². The van der Waals surface area contributed by atoms with E-state index in [1.807, 2.05) is 24.3 Å². The van der Waals surface area contributed by atoms with E-state index in [4.69, 9.17) is 5.11 Å². The molecule has 1 rings (SSSR count). The Balaban J connectivity index is 2.71. The molecule has 0 radical (unpaired) electrons. The maximum absolute atomic E-state index is 9.20. The predicted molar refractivity (Wildman–Crippen MR) is 47.9 cm³/mol. The molecule has 0 saturated heterocycles. The average Bonchev–Trinajstić information content (AvgIpc) is 2.06. The molecule has 0 heterocycles. The van der Waals surface area contributed by atoms with Crippen molar-refractivity contribution in [1.29, 1.82) is 0 Å². The average molecular weight is 166 g/mol. The number of rotatable bonds is 3. The third-order valence-corrected chi connectivity index (χ3v) is 1.86. The molecule has 0 bridgehead atoms. The van der Waals surface area contributed by atoms with Crippen LogP contribution in [0.1, 0.15) is 24.2 Å². The van der Waals surface area contributed by atoms with Crippen LogP contribution in [-0.4, -0.2) is 16.8 Å². The molecular weight excluding hydrogens is 152 g/mol. The van der Waals surface area contributed by atoms with Crippen molar-refractivity contribution in [2.75, 3.05) is 6.61 Å². The highest BCUT2D eigenvalue weighted by Crippen LogP contribution is 2.12. The highest BCUT2D eigenvalue weighted by Gasteiger charge is 1.99. The highest BCUT2D eigenvalue weighted by molar-refractivity contribution is 5.23. The van der Waals surface area contributed by atoms with Gasteiger partial charge in [-0.25, -0.2) is 0 Å². The summed E-state index contributed by atoms with van der Waals surface area (Å²) < 4.78 is 0. The van der Waals surface area contributed by atoms with Crippen molar-refractivity contribution in [2.45, 2.75) is 19.4 Å². The number of hydrogen-bond donors (Lipinski definition) is 2. The second-order valence-electron chi connectivity index (χ2n) is 2.89. The molecule has 12 heavy (non-hydrogen) atoms. The van der Waals surface area contributed by atoms with Gasteiger partial charge in [-0.05, 0) is 24.5 Å². The molecule has 1 aromatic carbocycles. The van der Waals surface area contributed by atoms with Crippen LogP contribution in [0.15, 0.2) is 24.3 Å². The van der Waals surface area contributed by atoms with Gasteiger partial charge in [-0.1, -0.05) is 24.3 Å². The van der Waals surface area contributed by atoms with Crippen LogP contribution >= 0.6 is 0 Å². The van der Waals surface area contributed by atoms with Crippen molar-refractivity contribution in [3.05, 3.63) is 35.4 Å². The molecule has 0 saturated carbocycles. The first-order valence-corrected chi connectivity index (χ1v) is 4.12. The number of hydrogen-bond acceptors (Lipinski definition) is 2. The summed E-state index contributed by atoms with van der Waals surface area (Å²) >= 11 is 0. The lowest BCUT2D eigenvalue weighted by Crippen LogP contribution is -1.93. The van der Waals surface area contributed by atoms with Gasteiger partial charge in [-0.15, -0.1) is 0 Å². The summed E-state index contributed by atoms with van der Waals surface area (Å²) in [6.07, 6.45) is 0.272. The summed E-state index contributed by atoms with van der Waals surface area (Å²) in [7, 11) is 0. The Labute approximate surface area is 72.5 Å². The van der Waals surface area contributed by atoms with Crippen molar-refractivity contribution >= 4 is 0 Å². The van der Waals surface area contributed by atoms with Crippen molar-refractivity contribution in [2.24, 2.45) is 0 Å². The maximum Gasteiger partial charge on any atom is 0.0761 e. The Bertz CT molecular complexity index is 226. The van der Waals surface area contributed by atoms with Crippen LogP contribution in [0.5, 0.6) is 0 Å². The first-order chi connectivity index (χ1) is 5.74. The van der Waals surface area contributed by atoms with Gasteiger partial charge in [0.05, 0.1) is 6.10 Å². The molecule has 0 aliphatic rings. The molecule has 0 fully saturated rings. The van der Waals surface area contributed by atoms with Gasteiger partial charge >= 0.3 is 0 Å². The van der Waals surface area contributed by atoms with E-state index in [0.29, 0.717) is 6.42 Å². The SMILES string of the molecule is CC(O)c1ccc(CCO)cc1. The molecule has 1 atom stereocenters. The van der Waals surface area contributed by atoms with E-state index in [9.17, 15) is 5.11 Å². The van der Waals surface area contributed by atoms with Crippen LogP contribution in [0.25, 0.3) is 0 Å². The van der Waals surface area contributed by atoms with E-state index in [1.54, 1.807) is 6.92 Å². The normalized spacial score (nSPS) is 12.9. The summed E-state index contributed by atoms with van der Waals surface area (Å²) in [5.74, 6) is 0. The third-order valence-electron chi connectivity index (χ3n) is 1.86. The fourth-order valence-electron chi connectivity index (χ4n) is 1.09. The van der Waals surface area contributed by atoms with E-state index < -0.39 is 6.10 Å². The van der Waals surface area contributed by atoms with Crippen LogP contribution < -0.4 is 0 Å². The van der Waals surface area contributed by atoms with Gasteiger partial charge in [0.15, 0.2) is 0 Å². The highest BCUT2D eigenvalue weighted by atomic mass is 16.3. The first kappa shape index (κ1) is 9.23. The molecule has 1 aromatic rings. The molecule has 2 N–H and O–H groups in total. The molecule has 0 aromatic heterocycles. The van der Waals surface area contributed by atoms with Gasteiger partial charge in [0.1, 0.15) is 0 Å². The zero-order chi connectivity index (χ0) is 8.97. The van der Waals surface area contributed by atoms with E-state index in [0.717, 1.165) is 11.1 Å². The molecule has 2 heteroatoms. The van der Waals surface area contributed by atoms with E-state index in [-0.39, 0.29) is 6.61 Å². The Kier molecular flexibility index (Phi) is 3.26. The molecule has 1 unspecified atom stereocenters. The van der Waals surface area contributed by atoms with E-state index >= 15 is 0 Å². The predicted octanol–water partition coefficient (Wildman–Crippen LogP) is 1.27. The number of aliphatic hydroxyl groups excluding tert-OH is 2. The summed E-state index contributed by atoms with van der Waals surface area (Å²) in [6.45, 7) is 1.91. The Morgan fingerprint density at radius 2 is 1.83 bits per heavy atom. The topological polar surface area (TPSA) is 40.5 Å². The molecule has 0 spiro atoms. The van der Waals surface area contributed by atoms with Crippen molar-refractivity contribution in [3.63, 3.8) is 0 Å². The Morgan fingerprint density at radius 3 is 2.25 bits per heavy atom. The monoisotopic (exact) mass is 166 g/mol. The lowest BCUT2D eigenvalue weighted by Gasteiger charge is -2.04. The van der Waals surface area contributed by atoms with Crippen molar-refractivity contribution in [1.82, 2.24) is 0 Å². The second-order valence-corrected chi connectivity index (χ2v) is 2.89. The molecular formula is C10H14O2. The quantitative estimate of drug-likeness (QED) is 0.710. The van der Waals surface area contributed by atoms with E-state index in [1.165, 1.54) is 0 Å². The van der Waals surface area contributed by atoms with E-state index in [2.05, 4.69) is 0 Å². The Hall–Kier alpha value is -0.860. The summed E-state index contributed by atoms with van der Waals surface area (Å²) in [6, 6.07) is 7.63. The van der Waals surface area contributed by atoms with Gasteiger partial charge < -0.3 is 10.2 Å². The minimum atomic E-state index is -0.409. The standard InChI is InChI=1S/C10H14O2/c1-8(12)10-4-2-9(3-5-10)6-7-11/h2-5,8,11-12H,6-7H2,1H3. The molecule has 66 valence electrons. The summed E-state index contributed by atoms with van der Waals surface area (Å²) in [5, 5.41) is 17.8. The minimum Gasteiger partial charge on any atom is -0.396 e. The Morgan fingerprint density at radius 1 is 1.25 bits per heavy atom. The van der Waals surface area contributed by atoms with Gasteiger partial charge in [-0.3, -0.25) is 0 Å². The summed E-state index contributed by atoms with van der Waals surface area (Å²) in [4.78, 5) is 0. The lowest BCUT2D eigenvalue weighted by molar-refractivity contribution is 0.199. The molecule has 0 aliphatic heterocycles. The molecule has 0 amide bonds. The molecule has 0 aliphatic carbocycles. The zero-order valence-electron chi connectivity index (χ0n) is 7.20. The lowest BCUT2D eigenvalue weighted by atomic mass is 10.1. The first-order valence-electron chi connectivity index (χ1n) is 4.12.